The number of nitrogens with zero attached hydrogens (tertiary/aromatic N) is 4. The summed E-state index contributed by atoms with van der Waals surface area (Å²) in [5.41, 5.74) is 1.66. The van der Waals surface area contributed by atoms with E-state index in [4.69, 9.17) is 21.1 Å². The van der Waals surface area contributed by atoms with Crippen molar-refractivity contribution in [1.29, 1.82) is 0 Å². The molecule has 0 fully saturated rings. The second-order valence-electron chi connectivity index (χ2n) is 3.73. The Kier molecular flexibility index (Phi) is 3.38. The van der Waals surface area contributed by atoms with Gasteiger partial charge in [-0.15, -0.1) is 0 Å². The quantitative estimate of drug-likeness (QED) is 0.799. The third-order valence-electron chi connectivity index (χ3n) is 2.57. The first-order valence-corrected chi connectivity index (χ1v) is 5.65. The lowest BCUT2D eigenvalue weighted by atomic mass is 10.3. The van der Waals surface area contributed by atoms with Gasteiger partial charge in [0, 0.05) is 7.05 Å². The van der Waals surface area contributed by atoms with E-state index in [9.17, 15) is 0 Å². The van der Waals surface area contributed by atoms with Gasteiger partial charge in [-0.2, -0.15) is 10.1 Å². The van der Waals surface area contributed by atoms with Gasteiger partial charge in [0.15, 0.2) is 10.9 Å². The molecule has 0 atom stereocenters. The number of aryl methyl sites for hydroxylation is 2. The van der Waals surface area contributed by atoms with E-state index >= 15 is 0 Å². The van der Waals surface area contributed by atoms with Crippen LogP contribution in [0.5, 0.6) is 17.4 Å². The molecular formula is C11H13ClN4O2. The van der Waals surface area contributed by atoms with E-state index in [0.717, 1.165) is 11.4 Å². The van der Waals surface area contributed by atoms with E-state index in [1.54, 1.807) is 4.68 Å². The van der Waals surface area contributed by atoms with Crippen molar-refractivity contribution in [2.24, 2.45) is 7.05 Å². The van der Waals surface area contributed by atoms with Gasteiger partial charge in [-0.05, 0) is 13.8 Å². The highest BCUT2D eigenvalue weighted by atomic mass is 35.5. The third-order valence-corrected chi connectivity index (χ3v) is 2.84. The maximum Gasteiger partial charge on any atom is 0.267 e. The van der Waals surface area contributed by atoms with Crippen LogP contribution >= 0.6 is 11.6 Å². The Hall–Kier alpha value is -1.82. The molecule has 18 heavy (non-hydrogen) atoms. The SMILES string of the molecule is COc1c(Cl)ncnc1Oc1c(C)nn(C)c1C. The monoisotopic (exact) mass is 268 g/mol. The van der Waals surface area contributed by atoms with Crippen molar-refractivity contribution >= 4 is 11.6 Å². The molecule has 2 aromatic rings. The molecule has 96 valence electrons. The van der Waals surface area contributed by atoms with Gasteiger partial charge < -0.3 is 9.47 Å². The molecule has 0 spiro atoms. The van der Waals surface area contributed by atoms with Crippen LogP contribution in [-0.2, 0) is 7.05 Å². The Morgan fingerprint density at radius 2 is 1.94 bits per heavy atom. The van der Waals surface area contributed by atoms with E-state index in [0.29, 0.717) is 11.5 Å². The average molecular weight is 269 g/mol. The van der Waals surface area contributed by atoms with E-state index in [1.807, 2.05) is 20.9 Å². The van der Waals surface area contributed by atoms with E-state index in [-0.39, 0.29) is 11.0 Å². The molecule has 2 aromatic heterocycles. The smallest absolute Gasteiger partial charge is 0.267 e. The maximum absolute atomic E-state index is 5.90. The van der Waals surface area contributed by atoms with Crippen molar-refractivity contribution < 1.29 is 9.47 Å². The van der Waals surface area contributed by atoms with E-state index < -0.39 is 0 Å². The van der Waals surface area contributed by atoms with E-state index in [2.05, 4.69) is 15.1 Å². The zero-order chi connectivity index (χ0) is 13.3. The van der Waals surface area contributed by atoms with Crippen LogP contribution in [0, 0.1) is 13.8 Å². The fraction of sp³-hybridized carbons (Fsp3) is 0.364. The molecule has 0 N–H and O–H groups in total. The highest BCUT2D eigenvalue weighted by Crippen LogP contribution is 2.35. The van der Waals surface area contributed by atoms with Crippen molar-refractivity contribution in [2.75, 3.05) is 7.11 Å². The van der Waals surface area contributed by atoms with Crippen molar-refractivity contribution in [2.45, 2.75) is 13.8 Å². The molecule has 2 heterocycles. The Morgan fingerprint density at radius 3 is 2.50 bits per heavy atom. The minimum atomic E-state index is 0.210. The molecule has 0 aliphatic rings. The summed E-state index contributed by atoms with van der Waals surface area (Å²) in [6.45, 7) is 3.77. The van der Waals surface area contributed by atoms with Crippen LogP contribution in [0.15, 0.2) is 6.33 Å². The molecule has 0 radical (unpaired) electrons. The average Bonchev–Trinajstić information content (AvgIpc) is 2.56. The van der Waals surface area contributed by atoms with Gasteiger partial charge in [0.1, 0.15) is 12.0 Å². The van der Waals surface area contributed by atoms with Gasteiger partial charge in [0.2, 0.25) is 5.75 Å². The Morgan fingerprint density at radius 1 is 1.22 bits per heavy atom. The second-order valence-corrected chi connectivity index (χ2v) is 4.09. The summed E-state index contributed by atoms with van der Waals surface area (Å²) in [7, 11) is 3.33. The predicted molar refractivity (Wildman–Crippen MR) is 66.4 cm³/mol. The van der Waals surface area contributed by atoms with Crippen LogP contribution in [0.1, 0.15) is 11.4 Å². The first kappa shape index (κ1) is 12.6. The van der Waals surface area contributed by atoms with Crippen LogP contribution in [-0.4, -0.2) is 26.9 Å². The van der Waals surface area contributed by atoms with Crippen LogP contribution in [0.2, 0.25) is 5.15 Å². The fourth-order valence-electron chi connectivity index (χ4n) is 1.58. The van der Waals surface area contributed by atoms with Crippen LogP contribution in [0.25, 0.3) is 0 Å². The van der Waals surface area contributed by atoms with Crippen molar-refractivity contribution in [1.82, 2.24) is 19.7 Å². The topological polar surface area (TPSA) is 62.1 Å². The molecule has 2 rings (SSSR count). The third kappa shape index (κ3) is 2.11. The second kappa shape index (κ2) is 4.81. The lowest BCUT2D eigenvalue weighted by Gasteiger charge is -2.09. The summed E-state index contributed by atoms with van der Waals surface area (Å²) in [6.07, 6.45) is 1.32. The number of aromatic nitrogens is 4. The number of rotatable bonds is 3. The summed E-state index contributed by atoms with van der Waals surface area (Å²) in [4.78, 5) is 7.85. The summed E-state index contributed by atoms with van der Waals surface area (Å²) in [5, 5.41) is 4.47. The Balaban J connectivity index is 2.43. The zero-order valence-corrected chi connectivity index (χ0v) is 11.3. The predicted octanol–water partition coefficient (Wildman–Crippen LogP) is 2.28. The Bertz CT molecular complexity index is 583. The molecule has 0 saturated carbocycles. The van der Waals surface area contributed by atoms with Gasteiger partial charge in [-0.3, -0.25) is 4.68 Å². The maximum atomic E-state index is 5.90. The number of hydrogen-bond donors (Lipinski definition) is 0. The lowest BCUT2D eigenvalue weighted by molar-refractivity contribution is 0.365. The van der Waals surface area contributed by atoms with Crippen LogP contribution in [0.4, 0.5) is 0 Å². The number of hydrogen-bond acceptors (Lipinski definition) is 5. The molecule has 0 unspecified atom stereocenters. The number of ether oxygens (including phenoxy) is 2. The normalized spacial score (nSPS) is 10.5. The molecule has 0 aromatic carbocycles. The first-order valence-electron chi connectivity index (χ1n) is 5.27. The van der Waals surface area contributed by atoms with Gasteiger partial charge in [0.05, 0.1) is 12.8 Å². The molecule has 0 saturated heterocycles. The zero-order valence-electron chi connectivity index (χ0n) is 10.6. The fourth-order valence-corrected chi connectivity index (χ4v) is 1.78. The minimum absolute atomic E-state index is 0.210. The van der Waals surface area contributed by atoms with Gasteiger partial charge in [0.25, 0.3) is 5.88 Å². The molecule has 7 heteroatoms. The molecule has 0 bridgehead atoms. The van der Waals surface area contributed by atoms with Crippen molar-refractivity contribution in [3.8, 4) is 17.4 Å². The van der Waals surface area contributed by atoms with Gasteiger partial charge in [-0.25, -0.2) is 4.98 Å². The van der Waals surface area contributed by atoms with Gasteiger partial charge >= 0.3 is 0 Å². The standard InChI is InChI=1S/C11H13ClN4O2/c1-6-8(7(2)16(3)15-6)18-11-9(17-4)10(12)13-5-14-11/h5H,1-4H3. The Labute approximate surface area is 110 Å². The van der Waals surface area contributed by atoms with Crippen molar-refractivity contribution in [3.05, 3.63) is 22.9 Å². The van der Waals surface area contributed by atoms with E-state index in [1.165, 1.54) is 13.4 Å². The summed E-state index contributed by atoms with van der Waals surface area (Å²) >= 11 is 5.90. The summed E-state index contributed by atoms with van der Waals surface area (Å²) in [6, 6.07) is 0. The first-order chi connectivity index (χ1) is 8.54. The van der Waals surface area contributed by atoms with Crippen molar-refractivity contribution in [3.63, 3.8) is 0 Å². The molecule has 6 nitrogen and oxygen atoms in total. The molecule has 0 aliphatic carbocycles. The lowest BCUT2D eigenvalue weighted by Crippen LogP contribution is -1.97. The summed E-state index contributed by atoms with van der Waals surface area (Å²) in [5.74, 6) is 1.23. The highest BCUT2D eigenvalue weighted by Gasteiger charge is 2.17. The molecule has 0 amide bonds. The van der Waals surface area contributed by atoms with Gasteiger partial charge in [-0.1, -0.05) is 11.6 Å². The molecule has 0 aliphatic heterocycles. The minimum Gasteiger partial charge on any atom is -0.489 e. The highest BCUT2D eigenvalue weighted by molar-refractivity contribution is 6.31. The summed E-state index contributed by atoms with van der Waals surface area (Å²) < 4.78 is 12.6. The van der Waals surface area contributed by atoms with Crippen LogP contribution < -0.4 is 9.47 Å². The largest absolute Gasteiger partial charge is 0.489 e. The van der Waals surface area contributed by atoms with Crippen LogP contribution in [0.3, 0.4) is 0 Å². The number of halogens is 1. The number of methoxy groups -OCH3 is 1. The molecular weight excluding hydrogens is 256 g/mol.